The summed E-state index contributed by atoms with van der Waals surface area (Å²) in [5, 5.41) is 11.1. The van der Waals surface area contributed by atoms with Crippen molar-refractivity contribution in [3.05, 3.63) is 29.8 Å². The van der Waals surface area contributed by atoms with E-state index < -0.39 is 6.09 Å². The quantitative estimate of drug-likeness (QED) is 0.661. The zero-order valence-corrected chi connectivity index (χ0v) is 8.73. The van der Waals surface area contributed by atoms with E-state index in [1.165, 1.54) is 0 Å². The summed E-state index contributed by atoms with van der Waals surface area (Å²) >= 11 is 0. The van der Waals surface area contributed by atoms with E-state index in [4.69, 9.17) is 10.8 Å². The third-order valence-electron chi connectivity index (χ3n) is 2.28. The highest BCUT2D eigenvalue weighted by Gasteiger charge is 2.09. The van der Waals surface area contributed by atoms with Crippen LogP contribution in [0.1, 0.15) is 18.9 Å². The van der Waals surface area contributed by atoms with Crippen LogP contribution in [0.3, 0.4) is 0 Å². The average molecular weight is 208 g/mol. The van der Waals surface area contributed by atoms with Crippen molar-refractivity contribution in [2.24, 2.45) is 0 Å². The van der Waals surface area contributed by atoms with Gasteiger partial charge in [0, 0.05) is 11.7 Å². The molecule has 1 rings (SSSR count). The highest BCUT2D eigenvalue weighted by molar-refractivity contribution is 5.64. The summed E-state index contributed by atoms with van der Waals surface area (Å²) in [6.07, 6.45) is 0.497. The van der Waals surface area contributed by atoms with Crippen LogP contribution in [-0.2, 0) is 6.42 Å². The Kier molecular flexibility index (Phi) is 3.97. The van der Waals surface area contributed by atoms with Gasteiger partial charge in [-0.3, -0.25) is 0 Å². The van der Waals surface area contributed by atoms with Crippen LogP contribution >= 0.6 is 0 Å². The molecule has 1 amide bonds. The number of amides is 1. The van der Waals surface area contributed by atoms with Crippen molar-refractivity contribution in [1.82, 2.24) is 5.32 Å². The molecule has 0 heterocycles. The Morgan fingerprint density at radius 3 is 2.53 bits per heavy atom. The van der Waals surface area contributed by atoms with Gasteiger partial charge in [-0.1, -0.05) is 19.1 Å². The third-order valence-corrected chi connectivity index (χ3v) is 2.28. The fraction of sp³-hybridized carbons (Fsp3) is 0.364. The fourth-order valence-electron chi connectivity index (χ4n) is 1.41. The minimum atomic E-state index is -0.975. The Hall–Kier alpha value is -1.71. The minimum absolute atomic E-state index is 0.0360. The number of nitrogens with one attached hydrogen (secondary N) is 1. The second-order valence-corrected chi connectivity index (χ2v) is 3.50. The molecule has 1 aromatic carbocycles. The molecule has 0 bridgehead atoms. The average Bonchev–Trinajstić information content (AvgIpc) is 2.19. The summed E-state index contributed by atoms with van der Waals surface area (Å²) in [6.45, 7) is 1.96. The van der Waals surface area contributed by atoms with E-state index in [0.29, 0.717) is 6.42 Å². The number of benzene rings is 1. The largest absolute Gasteiger partial charge is 0.465 e. The number of hydrogen-bond donors (Lipinski definition) is 3. The molecule has 4 heteroatoms. The molecule has 4 nitrogen and oxygen atoms in total. The summed E-state index contributed by atoms with van der Waals surface area (Å²) < 4.78 is 0. The molecule has 0 saturated carbocycles. The number of carboxylic acid groups (broad SMARTS) is 1. The van der Waals surface area contributed by atoms with Crippen LogP contribution in [0.4, 0.5) is 10.5 Å². The van der Waals surface area contributed by atoms with Gasteiger partial charge in [-0.2, -0.15) is 0 Å². The predicted octanol–water partition coefficient (Wildman–Crippen LogP) is 1.86. The molecule has 0 fully saturated rings. The maximum Gasteiger partial charge on any atom is 0.404 e. The summed E-state index contributed by atoms with van der Waals surface area (Å²) in [7, 11) is 0. The molecule has 4 N–H and O–H groups in total. The molecule has 82 valence electrons. The van der Waals surface area contributed by atoms with Crippen molar-refractivity contribution in [3.8, 4) is 0 Å². The molecule has 0 aliphatic rings. The molecular weight excluding hydrogens is 192 g/mol. The van der Waals surface area contributed by atoms with Gasteiger partial charge in [-0.25, -0.2) is 4.79 Å². The van der Waals surface area contributed by atoms with Crippen molar-refractivity contribution in [2.45, 2.75) is 25.8 Å². The van der Waals surface area contributed by atoms with Crippen molar-refractivity contribution in [2.75, 3.05) is 5.73 Å². The third kappa shape index (κ3) is 3.89. The van der Waals surface area contributed by atoms with Gasteiger partial charge in [0.05, 0.1) is 0 Å². The SMILES string of the molecule is CC[C@H](Cc1ccc(N)cc1)NC(=O)O. The lowest BCUT2D eigenvalue weighted by Gasteiger charge is -2.14. The summed E-state index contributed by atoms with van der Waals surface area (Å²) in [5.74, 6) is 0. The standard InChI is InChI=1S/C11H16N2O2/c1-2-10(13-11(14)15)7-8-3-5-9(12)6-4-8/h3-6,10,13H,2,7,12H2,1H3,(H,14,15)/t10-/m1/s1. The number of anilines is 1. The van der Waals surface area contributed by atoms with Crippen LogP contribution in [0.15, 0.2) is 24.3 Å². The maximum absolute atomic E-state index is 10.5. The van der Waals surface area contributed by atoms with Crippen molar-refractivity contribution in [3.63, 3.8) is 0 Å². The Bertz CT molecular complexity index is 322. The van der Waals surface area contributed by atoms with Gasteiger partial charge in [0.1, 0.15) is 0 Å². The fourth-order valence-corrected chi connectivity index (χ4v) is 1.41. The van der Waals surface area contributed by atoms with E-state index in [2.05, 4.69) is 5.32 Å². The second-order valence-electron chi connectivity index (χ2n) is 3.50. The van der Waals surface area contributed by atoms with Gasteiger partial charge in [-0.05, 0) is 30.5 Å². The molecule has 0 saturated heterocycles. The smallest absolute Gasteiger partial charge is 0.404 e. The van der Waals surface area contributed by atoms with Crippen molar-refractivity contribution >= 4 is 11.8 Å². The van der Waals surface area contributed by atoms with Crippen LogP contribution in [0.5, 0.6) is 0 Å². The van der Waals surface area contributed by atoms with E-state index in [9.17, 15) is 4.79 Å². The lowest BCUT2D eigenvalue weighted by Crippen LogP contribution is -2.34. The first kappa shape index (κ1) is 11.4. The van der Waals surface area contributed by atoms with Crippen LogP contribution in [0.2, 0.25) is 0 Å². The van der Waals surface area contributed by atoms with Crippen LogP contribution < -0.4 is 11.1 Å². The minimum Gasteiger partial charge on any atom is -0.465 e. The number of nitrogen functional groups attached to an aromatic ring is 1. The molecule has 0 aliphatic carbocycles. The zero-order chi connectivity index (χ0) is 11.3. The number of rotatable bonds is 4. The first-order valence-corrected chi connectivity index (χ1v) is 4.95. The van der Waals surface area contributed by atoms with Gasteiger partial charge in [0.15, 0.2) is 0 Å². The topological polar surface area (TPSA) is 75.3 Å². The molecule has 1 aromatic rings. The van der Waals surface area contributed by atoms with E-state index in [1.807, 2.05) is 31.2 Å². The van der Waals surface area contributed by atoms with Gasteiger partial charge < -0.3 is 16.2 Å². The molecular formula is C11H16N2O2. The van der Waals surface area contributed by atoms with Crippen LogP contribution in [0.25, 0.3) is 0 Å². The van der Waals surface area contributed by atoms with Crippen molar-refractivity contribution < 1.29 is 9.90 Å². The van der Waals surface area contributed by atoms with Crippen LogP contribution in [-0.4, -0.2) is 17.2 Å². The van der Waals surface area contributed by atoms with E-state index in [0.717, 1.165) is 17.7 Å². The molecule has 0 unspecified atom stereocenters. The summed E-state index contributed by atoms with van der Waals surface area (Å²) in [5.41, 5.74) is 7.37. The number of nitrogens with two attached hydrogens (primary N) is 1. The first-order valence-electron chi connectivity index (χ1n) is 4.95. The molecule has 15 heavy (non-hydrogen) atoms. The first-order chi connectivity index (χ1) is 7.11. The Labute approximate surface area is 89.1 Å². The maximum atomic E-state index is 10.5. The predicted molar refractivity (Wildman–Crippen MR) is 59.8 cm³/mol. The Balaban J connectivity index is 2.58. The Morgan fingerprint density at radius 2 is 2.07 bits per heavy atom. The highest BCUT2D eigenvalue weighted by atomic mass is 16.4. The molecule has 0 radical (unpaired) electrons. The highest BCUT2D eigenvalue weighted by Crippen LogP contribution is 2.09. The Morgan fingerprint density at radius 1 is 1.47 bits per heavy atom. The number of carbonyl (C=O) groups is 1. The monoisotopic (exact) mass is 208 g/mol. The van der Waals surface area contributed by atoms with Gasteiger partial charge in [0.25, 0.3) is 0 Å². The summed E-state index contributed by atoms with van der Waals surface area (Å²) in [4.78, 5) is 10.5. The van der Waals surface area contributed by atoms with Crippen LogP contribution in [0, 0.1) is 0 Å². The lowest BCUT2D eigenvalue weighted by molar-refractivity contribution is 0.189. The van der Waals surface area contributed by atoms with Gasteiger partial charge >= 0.3 is 6.09 Å². The van der Waals surface area contributed by atoms with E-state index >= 15 is 0 Å². The van der Waals surface area contributed by atoms with Crippen molar-refractivity contribution in [1.29, 1.82) is 0 Å². The van der Waals surface area contributed by atoms with E-state index in [1.54, 1.807) is 0 Å². The lowest BCUT2D eigenvalue weighted by atomic mass is 10.0. The molecule has 0 aliphatic heterocycles. The molecule has 0 aromatic heterocycles. The molecule has 0 spiro atoms. The summed E-state index contributed by atoms with van der Waals surface area (Å²) in [6, 6.07) is 7.44. The molecule has 1 atom stereocenters. The second kappa shape index (κ2) is 5.24. The normalized spacial score (nSPS) is 12.1. The van der Waals surface area contributed by atoms with E-state index in [-0.39, 0.29) is 6.04 Å². The zero-order valence-electron chi connectivity index (χ0n) is 8.73. The van der Waals surface area contributed by atoms with Gasteiger partial charge in [0.2, 0.25) is 0 Å². The number of hydrogen-bond acceptors (Lipinski definition) is 2. The van der Waals surface area contributed by atoms with Gasteiger partial charge in [-0.15, -0.1) is 0 Å².